The molecule has 0 radical (unpaired) electrons. The van der Waals surface area contributed by atoms with Crippen molar-refractivity contribution in [2.75, 3.05) is 20.3 Å². The highest BCUT2D eigenvalue weighted by Crippen LogP contribution is 2.16. The maximum atomic E-state index is 11.4. The normalized spacial score (nSPS) is 23.0. The van der Waals surface area contributed by atoms with Crippen molar-refractivity contribution in [3.8, 4) is 0 Å². The summed E-state index contributed by atoms with van der Waals surface area (Å²) in [5, 5.41) is 3.21. The van der Waals surface area contributed by atoms with Crippen LogP contribution in [0.5, 0.6) is 0 Å². The number of esters is 1. The van der Waals surface area contributed by atoms with Crippen molar-refractivity contribution >= 4 is 5.97 Å². The molecule has 19 heavy (non-hydrogen) atoms. The number of benzene rings is 1. The highest BCUT2D eigenvalue weighted by Gasteiger charge is 2.26. The van der Waals surface area contributed by atoms with Gasteiger partial charge in [0.1, 0.15) is 6.04 Å². The number of rotatable bonds is 5. The molecule has 2 unspecified atom stereocenters. The Kier molecular flexibility index (Phi) is 5.36. The number of carbonyl (C=O) groups is 1. The van der Waals surface area contributed by atoms with Gasteiger partial charge in [0.15, 0.2) is 0 Å². The molecule has 0 bridgehead atoms. The lowest BCUT2D eigenvalue weighted by Gasteiger charge is -2.28. The zero-order valence-electron chi connectivity index (χ0n) is 11.3. The Bertz CT molecular complexity index is 386. The molecule has 104 valence electrons. The smallest absolute Gasteiger partial charge is 0.322 e. The molecule has 0 spiro atoms. The standard InChI is InChI=1S/C15H21NO3/c1-18-15(17)14-8-7-13(9-16-14)11-19-10-12-5-3-2-4-6-12/h2-6,13-14,16H,7-11H2,1H3. The van der Waals surface area contributed by atoms with E-state index in [1.807, 2.05) is 18.2 Å². The van der Waals surface area contributed by atoms with Gasteiger partial charge in [0.05, 0.1) is 20.3 Å². The number of ether oxygens (including phenoxy) is 2. The third-order valence-electron chi connectivity index (χ3n) is 3.47. The van der Waals surface area contributed by atoms with Crippen LogP contribution in [0.4, 0.5) is 0 Å². The van der Waals surface area contributed by atoms with E-state index in [0.29, 0.717) is 12.5 Å². The minimum absolute atomic E-state index is 0.143. The fourth-order valence-corrected chi connectivity index (χ4v) is 2.32. The van der Waals surface area contributed by atoms with Crippen LogP contribution >= 0.6 is 0 Å². The Balaban J connectivity index is 1.65. The molecule has 1 saturated heterocycles. The van der Waals surface area contributed by atoms with E-state index in [2.05, 4.69) is 17.4 Å². The van der Waals surface area contributed by atoms with Crippen LogP contribution in [0.1, 0.15) is 18.4 Å². The summed E-state index contributed by atoms with van der Waals surface area (Å²) in [7, 11) is 1.43. The topological polar surface area (TPSA) is 47.6 Å². The Morgan fingerprint density at radius 3 is 2.74 bits per heavy atom. The van der Waals surface area contributed by atoms with Gasteiger partial charge in [0, 0.05) is 6.54 Å². The third-order valence-corrected chi connectivity index (χ3v) is 3.47. The molecule has 4 nitrogen and oxygen atoms in total. The largest absolute Gasteiger partial charge is 0.468 e. The van der Waals surface area contributed by atoms with Gasteiger partial charge in [0.2, 0.25) is 0 Å². The Labute approximate surface area is 114 Å². The highest BCUT2D eigenvalue weighted by atomic mass is 16.5. The molecule has 2 atom stereocenters. The van der Waals surface area contributed by atoms with Gasteiger partial charge in [-0.05, 0) is 24.3 Å². The Hall–Kier alpha value is -1.39. The van der Waals surface area contributed by atoms with E-state index in [4.69, 9.17) is 9.47 Å². The first-order chi connectivity index (χ1) is 9.29. The lowest BCUT2D eigenvalue weighted by atomic mass is 9.95. The second-order valence-corrected chi connectivity index (χ2v) is 4.93. The summed E-state index contributed by atoms with van der Waals surface area (Å²) < 4.78 is 10.5. The van der Waals surface area contributed by atoms with Gasteiger partial charge in [0.25, 0.3) is 0 Å². The van der Waals surface area contributed by atoms with E-state index in [9.17, 15) is 4.79 Å². The fourth-order valence-electron chi connectivity index (χ4n) is 2.32. The van der Waals surface area contributed by atoms with Gasteiger partial charge < -0.3 is 14.8 Å². The monoisotopic (exact) mass is 263 g/mol. The first kappa shape index (κ1) is 14.0. The van der Waals surface area contributed by atoms with Gasteiger partial charge >= 0.3 is 5.97 Å². The van der Waals surface area contributed by atoms with E-state index in [1.54, 1.807) is 0 Å². The Morgan fingerprint density at radius 2 is 2.11 bits per heavy atom. The van der Waals surface area contributed by atoms with Crippen LogP contribution in [0.3, 0.4) is 0 Å². The molecule has 1 N–H and O–H groups in total. The summed E-state index contributed by atoms with van der Waals surface area (Å²) in [6.45, 7) is 2.20. The molecule has 0 aromatic heterocycles. The van der Waals surface area contributed by atoms with Gasteiger partial charge in [-0.1, -0.05) is 30.3 Å². The predicted molar refractivity (Wildman–Crippen MR) is 72.6 cm³/mol. The van der Waals surface area contributed by atoms with Crippen molar-refractivity contribution < 1.29 is 14.3 Å². The molecule has 1 aliphatic rings. The first-order valence-electron chi connectivity index (χ1n) is 6.72. The van der Waals surface area contributed by atoms with Crippen molar-refractivity contribution in [3.05, 3.63) is 35.9 Å². The van der Waals surface area contributed by atoms with Crippen molar-refractivity contribution in [1.82, 2.24) is 5.32 Å². The molecular weight excluding hydrogens is 242 g/mol. The average molecular weight is 263 g/mol. The summed E-state index contributed by atoms with van der Waals surface area (Å²) >= 11 is 0. The van der Waals surface area contributed by atoms with Crippen LogP contribution in [0.15, 0.2) is 30.3 Å². The zero-order chi connectivity index (χ0) is 13.5. The minimum atomic E-state index is -0.163. The van der Waals surface area contributed by atoms with Crippen LogP contribution in [-0.4, -0.2) is 32.3 Å². The molecule has 1 heterocycles. The quantitative estimate of drug-likeness (QED) is 0.822. The molecule has 1 fully saturated rings. The third kappa shape index (κ3) is 4.33. The molecule has 1 aromatic carbocycles. The molecule has 4 heteroatoms. The maximum absolute atomic E-state index is 11.4. The summed E-state index contributed by atoms with van der Waals surface area (Å²) in [5.74, 6) is 0.313. The fraction of sp³-hybridized carbons (Fsp3) is 0.533. The van der Waals surface area contributed by atoms with Crippen molar-refractivity contribution in [3.63, 3.8) is 0 Å². The van der Waals surface area contributed by atoms with E-state index >= 15 is 0 Å². The average Bonchev–Trinajstić information content (AvgIpc) is 2.48. The van der Waals surface area contributed by atoms with Crippen LogP contribution in [0.25, 0.3) is 0 Å². The maximum Gasteiger partial charge on any atom is 0.322 e. The van der Waals surface area contributed by atoms with Gasteiger partial charge in [-0.15, -0.1) is 0 Å². The number of hydrogen-bond donors (Lipinski definition) is 1. The van der Waals surface area contributed by atoms with Gasteiger partial charge in [-0.2, -0.15) is 0 Å². The van der Waals surface area contributed by atoms with Crippen LogP contribution in [0.2, 0.25) is 0 Å². The van der Waals surface area contributed by atoms with E-state index < -0.39 is 0 Å². The molecular formula is C15H21NO3. The van der Waals surface area contributed by atoms with E-state index in [0.717, 1.165) is 26.0 Å². The van der Waals surface area contributed by atoms with Gasteiger partial charge in [-0.25, -0.2) is 0 Å². The summed E-state index contributed by atoms with van der Waals surface area (Å²) in [6.07, 6.45) is 1.83. The van der Waals surface area contributed by atoms with Crippen LogP contribution in [0, 0.1) is 5.92 Å². The SMILES string of the molecule is COC(=O)C1CCC(COCc2ccccc2)CN1. The predicted octanol–water partition coefficient (Wildman–Crippen LogP) is 1.74. The summed E-state index contributed by atoms with van der Waals surface area (Å²) in [4.78, 5) is 11.4. The van der Waals surface area contributed by atoms with Crippen molar-refractivity contribution in [1.29, 1.82) is 0 Å². The number of nitrogens with one attached hydrogen (secondary N) is 1. The zero-order valence-corrected chi connectivity index (χ0v) is 11.3. The number of carbonyl (C=O) groups excluding carboxylic acids is 1. The van der Waals surface area contributed by atoms with Crippen LogP contribution < -0.4 is 5.32 Å². The summed E-state index contributed by atoms with van der Waals surface area (Å²) in [5.41, 5.74) is 1.19. The summed E-state index contributed by atoms with van der Waals surface area (Å²) in [6, 6.07) is 10.0. The highest BCUT2D eigenvalue weighted by molar-refractivity contribution is 5.75. The van der Waals surface area contributed by atoms with E-state index in [1.165, 1.54) is 12.7 Å². The first-order valence-corrected chi connectivity index (χ1v) is 6.72. The van der Waals surface area contributed by atoms with E-state index in [-0.39, 0.29) is 12.0 Å². The second kappa shape index (κ2) is 7.26. The van der Waals surface area contributed by atoms with Crippen LogP contribution in [-0.2, 0) is 20.9 Å². The van der Waals surface area contributed by atoms with Crippen molar-refractivity contribution in [2.45, 2.75) is 25.5 Å². The van der Waals surface area contributed by atoms with Gasteiger partial charge in [-0.3, -0.25) is 4.79 Å². The minimum Gasteiger partial charge on any atom is -0.468 e. The molecule has 0 saturated carbocycles. The lowest BCUT2D eigenvalue weighted by molar-refractivity contribution is -0.144. The van der Waals surface area contributed by atoms with Crippen molar-refractivity contribution in [2.24, 2.45) is 5.92 Å². The molecule has 0 aliphatic carbocycles. The second-order valence-electron chi connectivity index (χ2n) is 4.93. The molecule has 2 rings (SSSR count). The number of methoxy groups -OCH3 is 1. The molecule has 0 amide bonds. The molecule has 1 aliphatic heterocycles. The Morgan fingerprint density at radius 1 is 1.32 bits per heavy atom. The number of piperidine rings is 1. The molecule has 1 aromatic rings. The number of hydrogen-bond acceptors (Lipinski definition) is 4. The lowest BCUT2D eigenvalue weighted by Crippen LogP contribution is -2.45.